The molecule has 0 saturated carbocycles. The summed E-state index contributed by atoms with van der Waals surface area (Å²) in [6.07, 6.45) is 0.694. The van der Waals surface area contributed by atoms with Gasteiger partial charge in [-0.3, -0.25) is 4.79 Å². The number of ether oxygens (including phenoxy) is 1. The van der Waals surface area contributed by atoms with Crippen LogP contribution in [0.15, 0.2) is 42.5 Å². The molecule has 2 aromatic rings. The summed E-state index contributed by atoms with van der Waals surface area (Å²) in [6.45, 7) is 0.359. The monoisotopic (exact) mass is 280 g/mol. The van der Waals surface area contributed by atoms with Crippen molar-refractivity contribution in [1.29, 1.82) is 0 Å². The zero-order chi connectivity index (χ0) is 13.0. The van der Waals surface area contributed by atoms with Crippen LogP contribution >= 0.6 is 23.2 Å². The van der Waals surface area contributed by atoms with E-state index in [-0.39, 0.29) is 0 Å². The summed E-state index contributed by atoms with van der Waals surface area (Å²) >= 11 is 11.7. The van der Waals surface area contributed by atoms with E-state index in [9.17, 15) is 4.79 Å². The number of benzene rings is 2. The Labute approximate surface area is 115 Å². The average Bonchev–Trinajstić information content (AvgIpc) is 2.38. The summed E-state index contributed by atoms with van der Waals surface area (Å²) < 4.78 is 5.58. The molecule has 0 fully saturated rings. The zero-order valence-electron chi connectivity index (χ0n) is 9.40. The van der Waals surface area contributed by atoms with Crippen molar-refractivity contribution in [2.24, 2.45) is 0 Å². The molecule has 0 N–H and O–H groups in total. The summed E-state index contributed by atoms with van der Waals surface area (Å²) in [4.78, 5) is 10.9. The fourth-order valence-electron chi connectivity index (χ4n) is 1.50. The molecule has 2 nitrogen and oxygen atoms in total. The van der Waals surface area contributed by atoms with Crippen LogP contribution in [0.4, 0.5) is 0 Å². The van der Waals surface area contributed by atoms with E-state index in [1.165, 1.54) is 0 Å². The maximum atomic E-state index is 10.9. The van der Waals surface area contributed by atoms with Crippen LogP contribution in [0, 0.1) is 0 Å². The molecule has 4 heteroatoms. The Morgan fingerprint density at radius 1 is 1.06 bits per heavy atom. The van der Waals surface area contributed by atoms with E-state index < -0.39 is 0 Å². The van der Waals surface area contributed by atoms with E-state index in [1.54, 1.807) is 30.3 Å². The minimum atomic E-state index is 0.359. The first kappa shape index (κ1) is 12.9. The first-order chi connectivity index (χ1) is 8.70. The smallest absolute Gasteiger partial charge is 0.155 e. The first-order valence-electron chi connectivity index (χ1n) is 5.31. The Kier molecular flexibility index (Phi) is 4.24. The number of halogens is 2. The van der Waals surface area contributed by atoms with Crippen molar-refractivity contribution in [3.05, 3.63) is 63.6 Å². The Morgan fingerprint density at radius 2 is 1.78 bits per heavy atom. The number of aldehydes is 1. The number of carbonyl (C=O) groups excluding carboxylic acids is 1. The Hall–Kier alpha value is -1.51. The van der Waals surface area contributed by atoms with Crippen molar-refractivity contribution in [3.63, 3.8) is 0 Å². The van der Waals surface area contributed by atoms with E-state index in [0.29, 0.717) is 34.3 Å². The molecule has 0 aromatic heterocycles. The van der Waals surface area contributed by atoms with Crippen LogP contribution in [-0.4, -0.2) is 6.29 Å². The fraction of sp³-hybridized carbons (Fsp3) is 0.0714. The van der Waals surface area contributed by atoms with Gasteiger partial charge in [-0.2, -0.15) is 0 Å². The van der Waals surface area contributed by atoms with Crippen molar-refractivity contribution in [2.75, 3.05) is 0 Å². The van der Waals surface area contributed by atoms with Crippen molar-refractivity contribution >= 4 is 29.5 Å². The lowest BCUT2D eigenvalue weighted by Crippen LogP contribution is -1.98. The third kappa shape index (κ3) is 3.03. The Morgan fingerprint density at radius 3 is 2.44 bits per heavy atom. The minimum absolute atomic E-state index is 0.359. The molecule has 0 unspecified atom stereocenters. The quantitative estimate of drug-likeness (QED) is 0.777. The summed E-state index contributed by atoms with van der Waals surface area (Å²) in [6, 6.07) is 12.4. The highest BCUT2D eigenvalue weighted by Gasteiger charge is 2.07. The van der Waals surface area contributed by atoms with Gasteiger partial charge in [0.15, 0.2) is 6.29 Å². The molecule has 0 aliphatic rings. The largest absolute Gasteiger partial charge is 0.488 e. The lowest BCUT2D eigenvalue weighted by atomic mass is 10.2. The predicted octanol–water partition coefficient (Wildman–Crippen LogP) is 4.38. The van der Waals surface area contributed by atoms with Crippen molar-refractivity contribution in [2.45, 2.75) is 6.61 Å². The Balaban J connectivity index is 2.13. The molecule has 0 atom stereocenters. The van der Waals surface area contributed by atoms with E-state index >= 15 is 0 Å². The van der Waals surface area contributed by atoms with Crippen molar-refractivity contribution in [3.8, 4) is 5.75 Å². The molecule has 18 heavy (non-hydrogen) atoms. The van der Waals surface area contributed by atoms with Gasteiger partial charge in [-0.1, -0.05) is 41.4 Å². The molecular weight excluding hydrogens is 271 g/mol. The van der Waals surface area contributed by atoms with Gasteiger partial charge in [0, 0.05) is 5.02 Å². The molecule has 0 aliphatic carbocycles. The van der Waals surface area contributed by atoms with Crippen LogP contribution in [0.5, 0.6) is 5.75 Å². The zero-order valence-corrected chi connectivity index (χ0v) is 10.9. The van der Waals surface area contributed by atoms with Crippen molar-refractivity contribution in [1.82, 2.24) is 0 Å². The molecule has 2 aromatic carbocycles. The highest BCUT2D eigenvalue weighted by Crippen LogP contribution is 2.25. The standard InChI is InChI=1S/C14H10Cl2O2/c15-11-6-4-10(5-7-11)9-18-14-3-1-2-13(16)12(14)8-17/h1-8H,9H2. The molecule has 2 rings (SSSR count). The molecular formula is C14H10Cl2O2. The van der Waals surface area contributed by atoms with Gasteiger partial charge in [0.2, 0.25) is 0 Å². The summed E-state index contributed by atoms with van der Waals surface area (Å²) in [5, 5.41) is 1.06. The van der Waals surface area contributed by atoms with Crippen LogP contribution < -0.4 is 4.74 Å². The second-order valence-corrected chi connectivity index (χ2v) is 4.53. The first-order valence-corrected chi connectivity index (χ1v) is 6.07. The lowest BCUT2D eigenvalue weighted by molar-refractivity contribution is 0.111. The van der Waals surface area contributed by atoms with Gasteiger partial charge in [0.05, 0.1) is 10.6 Å². The van der Waals surface area contributed by atoms with Crippen LogP contribution in [-0.2, 0) is 6.61 Å². The number of rotatable bonds is 4. The molecule has 0 amide bonds. The van der Waals surface area contributed by atoms with Crippen molar-refractivity contribution < 1.29 is 9.53 Å². The third-order valence-electron chi connectivity index (χ3n) is 2.44. The van der Waals surface area contributed by atoms with E-state index in [2.05, 4.69) is 0 Å². The van der Waals surface area contributed by atoms with Crippen LogP contribution in [0.3, 0.4) is 0 Å². The molecule has 0 radical (unpaired) electrons. The predicted molar refractivity (Wildman–Crippen MR) is 72.6 cm³/mol. The van der Waals surface area contributed by atoms with Gasteiger partial charge in [-0.25, -0.2) is 0 Å². The van der Waals surface area contributed by atoms with Gasteiger partial charge < -0.3 is 4.74 Å². The molecule has 92 valence electrons. The van der Waals surface area contributed by atoms with Crippen LogP contribution in [0.2, 0.25) is 10.0 Å². The highest BCUT2D eigenvalue weighted by atomic mass is 35.5. The third-order valence-corrected chi connectivity index (χ3v) is 3.02. The SMILES string of the molecule is O=Cc1c(Cl)cccc1OCc1ccc(Cl)cc1. The van der Waals surface area contributed by atoms with Crippen LogP contribution in [0.25, 0.3) is 0 Å². The topological polar surface area (TPSA) is 26.3 Å². The number of carbonyl (C=O) groups is 1. The van der Waals surface area contributed by atoms with Gasteiger partial charge >= 0.3 is 0 Å². The van der Waals surface area contributed by atoms with Crippen LogP contribution in [0.1, 0.15) is 15.9 Å². The molecule has 0 bridgehead atoms. The average molecular weight is 281 g/mol. The van der Waals surface area contributed by atoms with E-state index in [1.807, 2.05) is 12.1 Å². The fourth-order valence-corrected chi connectivity index (χ4v) is 1.84. The maximum absolute atomic E-state index is 10.9. The van der Waals surface area contributed by atoms with E-state index in [4.69, 9.17) is 27.9 Å². The summed E-state index contributed by atoms with van der Waals surface area (Å²) in [7, 11) is 0. The second kappa shape index (κ2) is 5.89. The Bertz CT molecular complexity index is 550. The lowest BCUT2D eigenvalue weighted by Gasteiger charge is -2.09. The van der Waals surface area contributed by atoms with Gasteiger partial charge in [-0.05, 0) is 29.8 Å². The minimum Gasteiger partial charge on any atom is -0.488 e. The normalized spacial score (nSPS) is 10.1. The van der Waals surface area contributed by atoms with Gasteiger partial charge in [0.25, 0.3) is 0 Å². The summed E-state index contributed by atoms with van der Waals surface area (Å²) in [5.74, 6) is 0.479. The number of hydrogen-bond donors (Lipinski definition) is 0. The number of hydrogen-bond acceptors (Lipinski definition) is 2. The van der Waals surface area contributed by atoms with Gasteiger partial charge in [0.1, 0.15) is 12.4 Å². The molecule has 0 heterocycles. The molecule has 0 spiro atoms. The second-order valence-electron chi connectivity index (χ2n) is 3.68. The summed E-state index contributed by atoms with van der Waals surface area (Å²) in [5.41, 5.74) is 1.34. The van der Waals surface area contributed by atoms with Gasteiger partial charge in [-0.15, -0.1) is 0 Å². The van der Waals surface area contributed by atoms with E-state index in [0.717, 1.165) is 5.56 Å². The molecule has 0 saturated heterocycles. The molecule has 0 aliphatic heterocycles. The maximum Gasteiger partial charge on any atom is 0.155 e. The highest BCUT2D eigenvalue weighted by molar-refractivity contribution is 6.33.